The summed E-state index contributed by atoms with van der Waals surface area (Å²) >= 11 is 5.17. The van der Waals surface area contributed by atoms with Gasteiger partial charge >= 0.3 is 0 Å². The molecule has 94 valence electrons. The molecule has 0 N–H and O–H groups in total. The smallest absolute Gasteiger partial charge is 0.221 e. The highest BCUT2D eigenvalue weighted by Crippen LogP contribution is 2.14. The molecule has 0 saturated carbocycles. The van der Waals surface area contributed by atoms with Crippen molar-refractivity contribution in [2.75, 3.05) is 18.8 Å². The van der Waals surface area contributed by atoms with Crippen LogP contribution in [0.25, 0.3) is 0 Å². The van der Waals surface area contributed by atoms with Gasteiger partial charge in [-0.3, -0.25) is 4.79 Å². The third-order valence-corrected chi connectivity index (χ3v) is 4.88. The fourth-order valence-corrected chi connectivity index (χ4v) is 3.56. The molecular weight excluding hydrogens is 250 g/mol. The Morgan fingerprint density at radius 3 is 2.19 bits per heavy atom. The summed E-state index contributed by atoms with van der Waals surface area (Å²) in [7, 11) is -3.18. The molecule has 0 atom stereocenters. The summed E-state index contributed by atoms with van der Waals surface area (Å²) in [6, 6.07) is 0. The maximum atomic E-state index is 11.9. The quantitative estimate of drug-likeness (QED) is 0.713. The van der Waals surface area contributed by atoms with Crippen LogP contribution in [0, 0.1) is 0 Å². The number of carbonyl (C=O) groups is 1. The second-order valence-corrected chi connectivity index (χ2v) is 6.60. The van der Waals surface area contributed by atoms with E-state index < -0.39 is 15.3 Å². The third-order valence-electron chi connectivity index (χ3n) is 2.73. The molecule has 6 heteroatoms. The Kier molecular flexibility index (Phi) is 5.72. The van der Waals surface area contributed by atoms with Crippen molar-refractivity contribution in [2.24, 2.45) is 0 Å². The molecule has 1 aliphatic rings. The van der Waals surface area contributed by atoms with Gasteiger partial charge in [-0.05, 0) is 30.9 Å². The molecule has 4 nitrogen and oxygen atoms in total. The fraction of sp³-hybridized carbons (Fsp3) is 0.900. The first kappa shape index (κ1) is 13.9. The molecule has 0 aliphatic carbocycles. The lowest BCUT2D eigenvalue weighted by Gasteiger charge is -2.19. The minimum atomic E-state index is -3.18. The molecule has 0 unspecified atom stereocenters. The average molecular weight is 268 g/mol. The molecule has 0 aromatic carbocycles. The maximum absolute atomic E-state index is 11.9. The highest BCUT2D eigenvalue weighted by atomic mass is 35.5. The normalized spacial score (nSPS) is 19.3. The average Bonchev–Trinajstić information content (AvgIpc) is 2.44. The zero-order valence-corrected chi connectivity index (χ0v) is 10.9. The van der Waals surface area contributed by atoms with Gasteiger partial charge in [0.2, 0.25) is 15.3 Å². The van der Waals surface area contributed by atoms with E-state index in [1.807, 2.05) is 0 Å². The lowest BCUT2D eigenvalue weighted by molar-refractivity contribution is -0.111. The number of halogens is 1. The van der Waals surface area contributed by atoms with Gasteiger partial charge in [0, 0.05) is 19.5 Å². The highest BCUT2D eigenvalue weighted by Gasteiger charge is 2.22. The van der Waals surface area contributed by atoms with E-state index in [-0.39, 0.29) is 12.2 Å². The van der Waals surface area contributed by atoms with E-state index in [1.165, 1.54) is 0 Å². The highest BCUT2D eigenvalue weighted by molar-refractivity contribution is 7.89. The van der Waals surface area contributed by atoms with Crippen molar-refractivity contribution in [3.05, 3.63) is 0 Å². The maximum Gasteiger partial charge on any atom is 0.221 e. The first-order chi connectivity index (χ1) is 7.52. The second kappa shape index (κ2) is 6.57. The molecule has 1 fully saturated rings. The summed E-state index contributed by atoms with van der Waals surface area (Å²) < 4.78 is 25.3. The van der Waals surface area contributed by atoms with Crippen LogP contribution in [0.4, 0.5) is 0 Å². The molecule has 0 bridgehead atoms. The second-order valence-electron chi connectivity index (χ2n) is 4.09. The molecule has 0 amide bonds. The van der Waals surface area contributed by atoms with E-state index in [2.05, 4.69) is 0 Å². The van der Waals surface area contributed by atoms with Gasteiger partial charge in [0.15, 0.2) is 0 Å². The summed E-state index contributed by atoms with van der Waals surface area (Å²) in [5.74, 6) is 0.0332. The molecule has 0 spiro atoms. The van der Waals surface area contributed by atoms with Gasteiger partial charge in [0.25, 0.3) is 0 Å². The minimum Gasteiger partial charge on any atom is -0.281 e. The number of carbonyl (C=O) groups excluding carboxylic acids is 1. The summed E-state index contributed by atoms with van der Waals surface area (Å²) in [5.41, 5.74) is 0. The van der Waals surface area contributed by atoms with E-state index in [0.717, 1.165) is 25.7 Å². The van der Waals surface area contributed by atoms with Crippen LogP contribution in [0.1, 0.15) is 38.5 Å². The molecule has 0 aromatic heterocycles. The molecule has 1 aliphatic heterocycles. The minimum absolute atomic E-state index is 0.0332. The Balaban J connectivity index is 2.44. The molecule has 1 heterocycles. The van der Waals surface area contributed by atoms with Crippen molar-refractivity contribution in [1.29, 1.82) is 0 Å². The predicted molar refractivity (Wildman–Crippen MR) is 63.9 cm³/mol. The lowest BCUT2D eigenvalue weighted by atomic mass is 10.2. The van der Waals surface area contributed by atoms with Gasteiger partial charge in [-0.25, -0.2) is 12.7 Å². The number of rotatable bonds is 5. The van der Waals surface area contributed by atoms with Gasteiger partial charge < -0.3 is 0 Å². The summed E-state index contributed by atoms with van der Waals surface area (Å²) in [5, 5.41) is -0.467. The van der Waals surface area contributed by atoms with E-state index >= 15 is 0 Å². The summed E-state index contributed by atoms with van der Waals surface area (Å²) in [4.78, 5) is 10.5. The predicted octanol–water partition coefficient (Wildman–Crippen LogP) is 1.74. The van der Waals surface area contributed by atoms with Crippen molar-refractivity contribution >= 4 is 26.9 Å². The van der Waals surface area contributed by atoms with Gasteiger partial charge in [-0.1, -0.05) is 12.8 Å². The molecule has 16 heavy (non-hydrogen) atoms. The van der Waals surface area contributed by atoms with Crippen LogP contribution < -0.4 is 0 Å². The van der Waals surface area contributed by atoms with Crippen molar-refractivity contribution in [3.8, 4) is 0 Å². The SMILES string of the molecule is O=C(Cl)CCCS(=O)(=O)N1CCCCCC1. The number of nitrogens with zero attached hydrogens (tertiary/aromatic N) is 1. The Bertz CT molecular complexity index is 321. The molecule has 0 aromatic rings. The topological polar surface area (TPSA) is 54.5 Å². The number of hydrogen-bond donors (Lipinski definition) is 0. The van der Waals surface area contributed by atoms with E-state index in [1.54, 1.807) is 4.31 Å². The summed E-state index contributed by atoms with van der Waals surface area (Å²) in [6.07, 6.45) is 4.54. The van der Waals surface area contributed by atoms with Crippen LogP contribution in [-0.2, 0) is 14.8 Å². The molecular formula is C10H18ClNO3S. The number of hydrogen-bond acceptors (Lipinski definition) is 3. The van der Waals surface area contributed by atoms with Gasteiger partial charge in [0.05, 0.1) is 5.75 Å². The van der Waals surface area contributed by atoms with Gasteiger partial charge in [0.1, 0.15) is 0 Å². The van der Waals surface area contributed by atoms with Crippen molar-refractivity contribution in [2.45, 2.75) is 38.5 Å². The molecule has 0 radical (unpaired) electrons. The summed E-state index contributed by atoms with van der Waals surface area (Å²) in [6.45, 7) is 1.24. The standard InChI is InChI=1S/C10H18ClNO3S/c11-10(13)6-5-9-16(14,15)12-7-3-1-2-4-8-12/h1-9H2. The zero-order chi connectivity index (χ0) is 12.0. The number of sulfonamides is 1. The van der Waals surface area contributed by atoms with Gasteiger partial charge in [-0.2, -0.15) is 0 Å². The van der Waals surface area contributed by atoms with Crippen LogP contribution in [-0.4, -0.2) is 36.8 Å². The van der Waals surface area contributed by atoms with Crippen molar-refractivity contribution in [3.63, 3.8) is 0 Å². The van der Waals surface area contributed by atoms with Crippen LogP contribution in [0.3, 0.4) is 0 Å². The molecule has 1 rings (SSSR count). The monoisotopic (exact) mass is 267 g/mol. The Morgan fingerprint density at radius 2 is 1.69 bits per heavy atom. The van der Waals surface area contributed by atoms with Crippen LogP contribution in [0.2, 0.25) is 0 Å². The van der Waals surface area contributed by atoms with Crippen LogP contribution in [0.5, 0.6) is 0 Å². The zero-order valence-electron chi connectivity index (χ0n) is 9.32. The molecule has 1 saturated heterocycles. The first-order valence-electron chi connectivity index (χ1n) is 5.68. The fourth-order valence-electron chi connectivity index (χ4n) is 1.84. The lowest BCUT2D eigenvalue weighted by Crippen LogP contribution is -2.33. The first-order valence-corrected chi connectivity index (χ1v) is 7.67. The van der Waals surface area contributed by atoms with E-state index in [4.69, 9.17) is 11.6 Å². The Morgan fingerprint density at radius 1 is 1.12 bits per heavy atom. The largest absolute Gasteiger partial charge is 0.281 e. The van der Waals surface area contributed by atoms with Crippen molar-refractivity contribution < 1.29 is 13.2 Å². The van der Waals surface area contributed by atoms with E-state index in [0.29, 0.717) is 19.5 Å². The van der Waals surface area contributed by atoms with Crippen LogP contribution in [0.15, 0.2) is 0 Å². The Hall–Kier alpha value is -0.130. The van der Waals surface area contributed by atoms with Crippen molar-refractivity contribution in [1.82, 2.24) is 4.31 Å². The Labute approximate surface area is 102 Å². The third kappa shape index (κ3) is 4.80. The van der Waals surface area contributed by atoms with Gasteiger partial charge in [-0.15, -0.1) is 0 Å². The van der Waals surface area contributed by atoms with E-state index in [9.17, 15) is 13.2 Å². The van der Waals surface area contributed by atoms with Crippen LogP contribution >= 0.6 is 11.6 Å².